The summed E-state index contributed by atoms with van der Waals surface area (Å²) in [5.74, 6) is -0.525. The third kappa shape index (κ3) is 4.84. The Hall–Kier alpha value is -1.90. The number of hydrogen-bond donors (Lipinski definition) is 1. The summed E-state index contributed by atoms with van der Waals surface area (Å²) >= 11 is 5.88. The average molecular weight is 397 g/mol. The van der Waals surface area contributed by atoms with Gasteiger partial charge in [-0.15, -0.1) is 0 Å². The van der Waals surface area contributed by atoms with Crippen LogP contribution in [0.5, 0.6) is 0 Å². The molecule has 0 aliphatic carbocycles. The summed E-state index contributed by atoms with van der Waals surface area (Å²) in [5, 5.41) is 7.76. The molecule has 0 unspecified atom stereocenters. The second-order valence-electron chi connectivity index (χ2n) is 6.50. The summed E-state index contributed by atoms with van der Waals surface area (Å²) in [4.78, 5) is 12.5. The van der Waals surface area contributed by atoms with Gasteiger partial charge in [0.2, 0.25) is 15.9 Å². The molecule has 1 aromatic heterocycles. The number of sulfonamides is 1. The van der Waals surface area contributed by atoms with Crippen LogP contribution in [0.3, 0.4) is 0 Å². The monoisotopic (exact) mass is 396 g/mol. The van der Waals surface area contributed by atoms with Gasteiger partial charge < -0.3 is 5.32 Å². The first-order valence-electron chi connectivity index (χ1n) is 8.34. The van der Waals surface area contributed by atoms with Gasteiger partial charge in [0.1, 0.15) is 0 Å². The Bertz CT molecular complexity index is 880. The van der Waals surface area contributed by atoms with Gasteiger partial charge in [-0.25, -0.2) is 12.7 Å². The number of nitrogens with one attached hydrogen (secondary N) is 1. The fraction of sp³-hybridized carbons (Fsp3) is 0.412. The van der Waals surface area contributed by atoms with Crippen molar-refractivity contribution in [1.29, 1.82) is 0 Å². The highest BCUT2D eigenvalue weighted by Crippen LogP contribution is 2.20. The first-order valence-corrected chi connectivity index (χ1v) is 10.6. The van der Waals surface area contributed by atoms with Crippen LogP contribution in [0.1, 0.15) is 18.4 Å². The molecular formula is C17H21ClN4O3S. The van der Waals surface area contributed by atoms with E-state index in [9.17, 15) is 13.2 Å². The molecule has 1 atom stereocenters. The van der Waals surface area contributed by atoms with Crippen molar-refractivity contribution in [3.63, 3.8) is 0 Å². The van der Waals surface area contributed by atoms with E-state index in [1.54, 1.807) is 17.1 Å². The smallest absolute Gasteiger partial charge is 0.228 e. The highest BCUT2D eigenvalue weighted by atomic mass is 35.5. The highest BCUT2D eigenvalue weighted by molar-refractivity contribution is 7.88. The molecule has 3 rings (SSSR count). The molecule has 1 fully saturated rings. The molecule has 0 spiro atoms. The molecule has 1 aliphatic rings. The Balaban J connectivity index is 1.59. The van der Waals surface area contributed by atoms with E-state index in [0.717, 1.165) is 5.56 Å². The van der Waals surface area contributed by atoms with Crippen molar-refractivity contribution >= 4 is 33.2 Å². The number of carbonyl (C=O) groups is 1. The first kappa shape index (κ1) is 18.9. The van der Waals surface area contributed by atoms with E-state index in [0.29, 0.717) is 36.6 Å². The third-order valence-corrected chi connectivity index (χ3v) is 5.90. The van der Waals surface area contributed by atoms with Gasteiger partial charge in [0.15, 0.2) is 0 Å². The Kier molecular flexibility index (Phi) is 5.64. The fourth-order valence-corrected chi connectivity index (χ4v) is 4.03. The topological polar surface area (TPSA) is 84.3 Å². The Labute approximate surface area is 158 Å². The number of hydrogen-bond acceptors (Lipinski definition) is 4. The molecule has 1 amide bonds. The lowest BCUT2D eigenvalue weighted by Gasteiger charge is -2.29. The van der Waals surface area contributed by atoms with Crippen LogP contribution in [0.2, 0.25) is 5.02 Å². The van der Waals surface area contributed by atoms with E-state index in [2.05, 4.69) is 10.4 Å². The van der Waals surface area contributed by atoms with Crippen molar-refractivity contribution in [2.75, 3.05) is 24.7 Å². The second kappa shape index (κ2) is 7.77. The number of carbonyl (C=O) groups excluding carboxylic acids is 1. The number of amides is 1. The van der Waals surface area contributed by atoms with Crippen LogP contribution in [-0.2, 0) is 21.4 Å². The van der Waals surface area contributed by atoms with Gasteiger partial charge in [-0.1, -0.05) is 23.7 Å². The van der Waals surface area contributed by atoms with Crippen molar-refractivity contribution in [3.05, 3.63) is 47.2 Å². The van der Waals surface area contributed by atoms with E-state index >= 15 is 0 Å². The molecule has 2 heterocycles. The van der Waals surface area contributed by atoms with Crippen LogP contribution in [-0.4, -0.2) is 47.8 Å². The second-order valence-corrected chi connectivity index (χ2v) is 8.92. The molecule has 26 heavy (non-hydrogen) atoms. The van der Waals surface area contributed by atoms with Crippen molar-refractivity contribution < 1.29 is 13.2 Å². The zero-order chi connectivity index (χ0) is 18.7. The molecule has 0 bridgehead atoms. The lowest BCUT2D eigenvalue weighted by molar-refractivity contribution is -0.120. The normalized spacial score (nSPS) is 18.6. The number of halogens is 1. The Morgan fingerprint density at radius 1 is 1.35 bits per heavy atom. The quantitative estimate of drug-likeness (QED) is 0.839. The van der Waals surface area contributed by atoms with Crippen molar-refractivity contribution in [2.45, 2.75) is 19.4 Å². The number of anilines is 1. The Morgan fingerprint density at radius 3 is 2.77 bits per heavy atom. The minimum Gasteiger partial charge on any atom is -0.323 e. The number of nitrogens with zero attached hydrogens (tertiary/aromatic N) is 3. The first-order chi connectivity index (χ1) is 12.3. The predicted octanol–water partition coefficient (Wildman–Crippen LogP) is 2.19. The van der Waals surface area contributed by atoms with Crippen molar-refractivity contribution in [1.82, 2.24) is 14.1 Å². The standard InChI is InChI=1S/C17H21ClN4O3S/c1-26(24,25)22-8-2-3-14(11-22)17(23)20-16-9-19-21(12-16)10-13-4-6-15(18)7-5-13/h4-7,9,12,14H,2-3,8,10-11H2,1H3,(H,20,23)/t14-/m0/s1. The van der Waals surface area contributed by atoms with E-state index in [1.807, 2.05) is 24.3 Å². The van der Waals surface area contributed by atoms with Gasteiger partial charge >= 0.3 is 0 Å². The molecule has 0 radical (unpaired) electrons. The summed E-state index contributed by atoms with van der Waals surface area (Å²) in [5.41, 5.74) is 1.65. The number of piperidine rings is 1. The number of rotatable bonds is 5. The van der Waals surface area contributed by atoms with Crippen LogP contribution in [0, 0.1) is 5.92 Å². The van der Waals surface area contributed by atoms with Crippen LogP contribution in [0.25, 0.3) is 0 Å². The third-order valence-electron chi connectivity index (χ3n) is 4.38. The van der Waals surface area contributed by atoms with Crippen LogP contribution < -0.4 is 5.32 Å². The molecule has 0 saturated carbocycles. The van der Waals surface area contributed by atoms with Crippen LogP contribution in [0.15, 0.2) is 36.7 Å². The Morgan fingerprint density at radius 2 is 2.08 bits per heavy atom. The van der Waals surface area contributed by atoms with E-state index in [4.69, 9.17) is 11.6 Å². The van der Waals surface area contributed by atoms with Crippen molar-refractivity contribution in [2.24, 2.45) is 5.92 Å². The molecular weight excluding hydrogens is 376 g/mol. The summed E-state index contributed by atoms with van der Waals surface area (Å²) < 4.78 is 26.5. The zero-order valence-electron chi connectivity index (χ0n) is 14.4. The van der Waals surface area contributed by atoms with Gasteiger partial charge in [-0.05, 0) is 30.5 Å². The summed E-state index contributed by atoms with van der Waals surface area (Å²) in [6, 6.07) is 7.48. The maximum atomic E-state index is 12.5. The van der Waals surface area contributed by atoms with Crippen LogP contribution >= 0.6 is 11.6 Å². The maximum absolute atomic E-state index is 12.5. The van der Waals surface area contributed by atoms with Gasteiger partial charge in [-0.3, -0.25) is 9.48 Å². The SMILES string of the molecule is CS(=O)(=O)N1CCC[C@H](C(=O)Nc2cnn(Cc3ccc(Cl)cc3)c2)C1. The zero-order valence-corrected chi connectivity index (χ0v) is 16.0. The molecule has 1 aliphatic heterocycles. The minimum atomic E-state index is -3.27. The summed E-state index contributed by atoms with van der Waals surface area (Å²) in [6.07, 6.45) is 5.88. The molecule has 1 saturated heterocycles. The molecule has 9 heteroatoms. The molecule has 1 N–H and O–H groups in total. The maximum Gasteiger partial charge on any atom is 0.228 e. The number of benzene rings is 1. The predicted molar refractivity (Wildman–Crippen MR) is 101 cm³/mol. The largest absolute Gasteiger partial charge is 0.323 e. The molecule has 140 valence electrons. The fourth-order valence-electron chi connectivity index (χ4n) is 2.99. The lowest BCUT2D eigenvalue weighted by atomic mass is 9.99. The summed E-state index contributed by atoms with van der Waals surface area (Å²) in [6.45, 7) is 1.27. The summed E-state index contributed by atoms with van der Waals surface area (Å²) in [7, 11) is -3.27. The van der Waals surface area contributed by atoms with Gasteiger partial charge in [-0.2, -0.15) is 5.10 Å². The van der Waals surface area contributed by atoms with E-state index in [1.165, 1.54) is 10.6 Å². The van der Waals surface area contributed by atoms with Crippen LogP contribution in [0.4, 0.5) is 5.69 Å². The lowest BCUT2D eigenvalue weighted by Crippen LogP contribution is -2.43. The van der Waals surface area contributed by atoms with Crippen molar-refractivity contribution in [3.8, 4) is 0 Å². The van der Waals surface area contributed by atoms with Gasteiger partial charge in [0.25, 0.3) is 0 Å². The van der Waals surface area contributed by atoms with Gasteiger partial charge in [0.05, 0.1) is 30.6 Å². The molecule has 7 nitrogen and oxygen atoms in total. The van der Waals surface area contributed by atoms with E-state index < -0.39 is 10.0 Å². The molecule has 2 aromatic rings. The number of aromatic nitrogens is 2. The van der Waals surface area contributed by atoms with Gasteiger partial charge in [0, 0.05) is 24.3 Å². The minimum absolute atomic E-state index is 0.176. The van der Waals surface area contributed by atoms with E-state index in [-0.39, 0.29) is 18.4 Å². The highest BCUT2D eigenvalue weighted by Gasteiger charge is 2.30. The molecule has 1 aromatic carbocycles. The average Bonchev–Trinajstić information content (AvgIpc) is 3.03.